The first kappa shape index (κ1) is 85.4. The highest BCUT2D eigenvalue weighted by molar-refractivity contribution is 7.86. The first-order valence-corrected chi connectivity index (χ1v) is 40.6. The van der Waals surface area contributed by atoms with E-state index < -0.39 is 148 Å². The van der Waals surface area contributed by atoms with Crippen molar-refractivity contribution in [3.63, 3.8) is 0 Å². The zero-order chi connectivity index (χ0) is 80.0. The number of alkyl halides is 2. The molecular formula is C71H87F2N9O23S4. The Morgan fingerprint density at radius 3 is 2.03 bits per heavy atom. The number of fused-ring (bicyclic) bond motifs is 2. The molecule has 0 bridgehead atoms. The zero-order valence-corrected chi connectivity index (χ0v) is 63.3. The Labute approximate surface area is 629 Å². The fourth-order valence-electron chi connectivity index (χ4n) is 13.0. The lowest BCUT2D eigenvalue weighted by Gasteiger charge is -2.28. The van der Waals surface area contributed by atoms with Gasteiger partial charge in [-0.25, -0.2) is 22.0 Å². The van der Waals surface area contributed by atoms with Gasteiger partial charge in [-0.2, -0.15) is 29.8 Å². The molecule has 592 valence electrons. The normalized spacial score (nSPS) is 17.9. The molecule has 3 aromatic carbocycles. The average Bonchev–Trinajstić information content (AvgIpc) is 1.59. The number of aliphatic carboxylic acids is 1. The number of carboxylic acids is 1. The number of anilines is 1. The molecule has 2 atom stereocenters. The van der Waals surface area contributed by atoms with Crippen molar-refractivity contribution in [1.29, 1.82) is 0 Å². The number of hydrogen-bond acceptors (Lipinski definition) is 21. The van der Waals surface area contributed by atoms with Gasteiger partial charge in [-0.1, -0.05) is 32.1 Å². The van der Waals surface area contributed by atoms with Crippen LogP contribution in [0.15, 0.2) is 136 Å². The van der Waals surface area contributed by atoms with Crippen LogP contribution in [0.4, 0.5) is 20.2 Å². The van der Waals surface area contributed by atoms with Crippen LogP contribution in [0.2, 0.25) is 0 Å². The number of likely N-dealkylation sites (tertiary alicyclic amines) is 1. The minimum Gasteiger partial charge on any atom is -0.748 e. The molecule has 6 amide bonds. The highest BCUT2D eigenvalue weighted by Crippen LogP contribution is 2.49. The van der Waals surface area contributed by atoms with E-state index in [1.165, 1.54) is 48.7 Å². The van der Waals surface area contributed by atoms with Crippen molar-refractivity contribution in [2.45, 2.75) is 143 Å². The van der Waals surface area contributed by atoms with Gasteiger partial charge in [-0.05, 0) is 141 Å². The van der Waals surface area contributed by atoms with Gasteiger partial charge >= 0.3 is 5.97 Å². The van der Waals surface area contributed by atoms with Crippen LogP contribution in [-0.2, 0) is 103 Å². The molecule has 4 aromatic rings. The van der Waals surface area contributed by atoms with E-state index in [2.05, 4.69) is 26.3 Å². The number of rotatable bonds is 38. The maximum atomic E-state index is 13.9. The standard InChI is InChI=1S/C71H87F2N9O23S4/c1-69(2)53-38-51(108(97,98)99)18-20-56(53)80(28-5-7-34-106(91,92)93)59(69)22-14-46-10-9-11-47(15-23-60-70(3,4)54-39-52(109(100,101)102)19-21-57(54)81(60)29-6-8-35-107(94,95)96)65(46)105-50-16-12-45(13-17-50)36-55(68(89)90)79-62(84)26-31-104-33-32-103-30-25-61(83)77-42-63(85)76-41-49-37-48(24-27-75-49)67(88)78-43-64(86)82-44-71(72,73)40-58(82)66(74)87/h12-24,27,37-39,55,58H,5-11,25-26,28-36,40-44H2,1-4H3,(H10-,74,76,77,78,79,83,84,85,87,88,89,90,91,92,93,94,95,96,97,98,99,100,101,102)/t55-,58-/m0/s1. The summed E-state index contributed by atoms with van der Waals surface area (Å²) in [7, 11) is -18.1. The number of unbranched alkanes of at least 4 members (excludes halogenated alkanes) is 2. The molecule has 4 heterocycles. The average molecular weight is 1600 g/mol. The molecule has 0 saturated carbocycles. The lowest BCUT2D eigenvalue weighted by Crippen LogP contribution is -2.47. The van der Waals surface area contributed by atoms with Crippen molar-refractivity contribution in [2.75, 3.05) is 75.6 Å². The number of benzene rings is 3. The molecule has 109 heavy (non-hydrogen) atoms. The van der Waals surface area contributed by atoms with Crippen molar-refractivity contribution in [1.82, 2.24) is 31.2 Å². The van der Waals surface area contributed by atoms with Crippen LogP contribution in [0.5, 0.6) is 5.75 Å². The number of halogens is 2. The van der Waals surface area contributed by atoms with Crippen molar-refractivity contribution in [3.8, 4) is 5.75 Å². The Morgan fingerprint density at radius 2 is 1.39 bits per heavy atom. The second-order valence-corrected chi connectivity index (χ2v) is 33.3. The summed E-state index contributed by atoms with van der Waals surface area (Å²) in [5.74, 6) is -9.66. The molecular weight excluding hydrogens is 1510 g/mol. The number of carbonyl (C=O) groups is 7. The molecule has 0 radical (unpaired) electrons. The maximum Gasteiger partial charge on any atom is 0.326 e. The zero-order valence-electron chi connectivity index (χ0n) is 60.0. The predicted molar refractivity (Wildman–Crippen MR) is 388 cm³/mol. The van der Waals surface area contributed by atoms with Gasteiger partial charge in [0.15, 0.2) is 5.71 Å². The maximum absolute atomic E-state index is 13.9. The lowest BCUT2D eigenvalue weighted by molar-refractivity contribution is -0.438. The fourth-order valence-corrected chi connectivity index (χ4v) is 15.2. The van der Waals surface area contributed by atoms with Crippen molar-refractivity contribution in [3.05, 3.63) is 154 Å². The summed E-state index contributed by atoms with van der Waals surface area (Å²) >= 11 is 0. The Kier molecular flexibility index (Phi) is 28.2. The first-order valence-electron chi connectivity index (χ1n) is 34.6. The first-order chi connectivity index (χ1) is 51.0. The monoisotopic (exact) mass is 1600 g/mol. The molecule has 1 saturated heterocycles. The summed E-state index contributed by atoms with van der Waals surface area (Å²) in [5.41, 5.74) is 8.91. The van der Waals surface area contributed by atoms with Crippen LogP contribution < -0.4 is 36.6 Å². The van der Waals surface area contributed by atoms with Gasteiger partial charge in [0.25, 0.3) is 42.2 Å². The van der Waals surface area contributed by atoms with Gasteiger partial charge in [0.1, 0.15) is 30.1 Å². The number of ether oxygens (including phenoxy) is 3. The van der Waals surface area contributed by atoms with Crippen LogP contribution in [0.3, 0.4) is 0 Å². The van der Waals surface area contributed by atoms with Crippen LogP contribution in [-0.4, -0.2) is 207 Å². The third-order valence-corrected chi connectivity index (χ3v) is 21.9. The minimum absolute atomic E-state index is 0.00128. The van der Waals surface area contributed by atoms with E-state index in [0.29, 0.717) is 86.3 Å². The molecule has 3 aliphatic heterocycles. The van der Waals surface area contributed by atoms with E-state index in [-0.39, 0.29) is 112 Å². The van der Waals surface area contributed by atoms with Crippen LogP contribution >= 0.6 is 0 Å². The van der Waals surface area contributed by atoms with Crippen LogP contribution in [0.1, 0.15) is 125 Å². The highest BCUT2D eigenvalue weighted by Gasteiger charge is 2.50. The highest BCUT2D eigenvalue weighted by atomic mass is 32.2. The number of allylic oxidation sites excluding steroid dienone is 7. The van der Waals surface area contributed by atoms with E-state index >= 15 is 0 Å². The topological polar surface area (TPSA) is 484 Å². The smallest absolute Gasteiger partial charge is 0.326 e. The van der Waals surface area contributed by atoms with Gasteiger partial charge in [0, 0.05) is 90.7 Å². The Morgan fingerprint density at radius 1 is 0.734 bits per heavy atom. The Bertz CT molecular complexity index is 4800. The van der Waals surface area contributed by atoms with Gasteiger partial charge in [0.05, 0.1) is 89.4 Å². The van der Waals surface area contributed by atoms with Crippen LogP contribution in [0.25, 0.3) is 0 Å². The van der Waals surface area contributed by atoms with Gasteiger partial charge < -0.3 is 60.7 Å². The molecule has 1 aromatic heterocycles. The van der Waals surface area contributed by atoms with Gasteiger partial charge in [0.2, 0.25) is 35.2 Å². The molecule has 1 aliphatic carbocycles. The number of nitrogens with zero attached hydrogens (tertiary/aromatic N) is 4. The largest absolute Gasteiger partial charge is 0.748 e. The number of pyridine rings is 1. The summed E-state index contributed by atoms with van der Waals surface area (Å²) < 4.78 is 185. The predicted octanol–water partition coefficient (Wildman–Crippen LogP) is 4.44. The second-order valence-electron chi connectivity index (χ2n) is 27.4. The van der Waals surface area contributed by atoms with Crippen molar-refractivity contribution in [2.24, 2.45) is 5.73 Å². The summed E-state index contributed by atoms with van der Waals surface area (Å²) in [4.78, 5) is 93.4. The molecule has 0 spiro atoms. The number of nitrogens with one attached hydrogen (secondary N) is 4. The number of carbonyl (C=O) groups excluding carboxylic acids is 6. The molecule has 10 N–H and O–H groups in total. The number of carboxylic acid groups (broad SMARTS) is 1. The van der Waals surface area contributed by atoms with E-state index in [4.69, 9.17) is 19.9 Å². The molecule has 0 unspecified atom stereocenters. The quantitative estimate of drug-likeness (QED) is 0.0170. The van der Waals surface area contributed by atoms with E-state index in [1.807, 2.05) is 61.5 Å². The molecule has 32 nitrogen and oxygen atoms in total. The molecule has 4 aliphatic rings. The number of nitrogens with two attached hydrogens (primary N) is 1. The minimum atomic E-state index is -4.65. The lowest BCUT2D eigenvalue weighted by atomic mass is 9.81. The van der Waals surface area contributed by atoms with E-state index in [9.17, 15) is 99.3 Å². The number of aromatic nitrogens is 1. The van der Waals surface area contributed by atoms with Gasteiger partial charge in [-0.3, -0.25) is 47.4 Å². The molecule has 38 heteroatoms. The summed E-state index contributed by atoms with van der Waals surface area (Å²) in [6.45, 7) is 5.34. The van der Waals surface area contributed by atoms with E-state index in [1.54, 1.807) is 30.3 Å². The van der Waals surface area contributed by atoms with Crippen molar-refractivity contribution < 1.29 is 118 Å². The Balaban J connectivity index is 0.882. The number of amides is 6. The SMILES string of the molecule is CC1(C)C(/C=C/C2=C(Oc3ccc(C[C@H](NC(=O)CCOCCOCCC(=O)NCC(=O)NCc4cc(C(=O)NCC(=O)N5CC(F)(F)C[C@H]5C(N)=O)ccn4)C(=O)O)cc3)C(=C/C=C3/N(CCCCS(=O)(=O)[O-])c4ccc(S(=O)(=O)O)cc4C3(C)C)/CCC2)=[N+](CCCCS(=O)(=O)O)c2ccc(S(=O)(=O)O)cc21. The van der Waals surface area contributed by atoms with Crippen LogP contribution in [0, 0.1) is 0 Å². The number of primary amides is 1. The summed E-state index contributed by atoms with van der Waals surface area (Å²) in [6.07, 6.45) is 9.26. The Hall–Kier alpha value is -9.25. The molecule has 8 rings (SSSR count). The van der Waals surface area contributed by atoms with Gasteiger partial charge in [-0.15, -0.1) is 0 Å². The third kappa shape index (κ3) is 23.9. The number of hydrogen-bond donors (Lipinski definition) is 9. The van der Waals surface area contributed by atoms with Crippen molar-refractivity contribution >= 4 is 99.0 Å². The third-order valence-electron chi connectivity index (χ3n) is 18.6. The fraction of sp³-hybridized carbons (Fsp3) is 0.451. The second kappa shape index (κ2) is 36.1. The molecule has 1 fully saturated rings. The van der Waals surface area contributed by atoms with E-state index in [0.717, 1.165) is 0 Å². The summed E-state index contributed by atoms with van der Waals surface area (Å²) in [6, 6.07) is 14.5. The summed E-state index contributed by atoms with van der Waals surface area (Å²) in [5, 5.41) is 20.0.